The Morgan fingerprint density at radius 1 is 1.15 bits per heavy atom. The first kappa shape index (κ1) is 22.9. The molecule has 2 aliphatic heterocycles. The minimum absolute atomic E-state index is 0.249. The molecule has 1 aromatic heterocycles. The molecule has 3 heterocycles. The molecule has 0 saturated carbocycles. The number of nitrogens with zero attached hydrogens (tertiary/aromatic N) is 5. The summed E-state index contributed by atoms with van der Waals surface area (Å²) in [4.78, 5) is 42.1. The Balaban J connectivity index is 1.56. The van der Waals surface area contributed by atoms with Gasteiger partial charge in [0.15, 0.2) is 5.82 Å². The average molecular weight is 457 g/mol. The highest BCUT2D eigenvalue weighted by Gasteiger charge is 2.39. The fourth-order valence-corrected chi connectivity index (χ4v) is 4.42. The number of amides is 4. The van der Waals surface area contributed by atoms with Gasteiger partial charge < -0.3 is 9.64 Å². The molecule has 4 rings (SSSR count). The predicted molar refractivity (Wildman–Crippen MR) is 125 cm³/mol. The van der Waals surface area contributed by atoms with Gasteiger partial charge in [0.25, 0.3) is 0 Å². The third-order valence-corrected chi connectivity index (χ3v) is 6.01. The zero-order valence-corrected chi connectivity index (χ0v) is 20.1. The van der Waals surface area contributed by atoms with Gasteiger partial charge in [0.2, 0.25) is 5.91 Å². The molecule has 33 heavy (non-hydrogen) atoms. The van der Waals surface area contributed by atoms with Crippen LogP contribution in [0.15, 0.2) is 18.2 Å². The van der Waals surface area contributed by atoms with Crippen molar-refractivity contribution in [3.05, 3.63) is 18.2 Å². The number of benzene rings is 1. The number of hydrogen-bond acceptors (Lipinski definition) is 6. The quantitative estimate of drug-likeness (QED) is 0.746. The Labute approximate surface area is 193 Å². The maximum Gasteiger partial charge on any atom is 0.410 e. The molecule has 4 amide bonds. The molecule has 0 unspecified atom stereocenters. The Bertz CT molecular complexity index is 1120. The number of aromatic nitrogens is 2. The number of rotatable bonds is 2. The smallest absolute Gasteiger partial charge is 0.410 e. The van der Waals surface area contributed by atoms with E-state index in [1.54, 1.807) is 9.58 Å². The molecule has 0 bridgehead atoms. The van der Waals surface area contributed by atoms with E-state index in [0.717, 1.165) is 16.6 Å². The van der Waals surface area contributed by atoms with Gasteiger partial charge in [-0.2, -0.15) is 5.10 Å². The van der Waals surface area contributed by atoms with Crippen LogP contribution in [0.25, 0.3) is 10.9 Å². The summed E-state index contributed by atoms with van der Waals surface area (Å²) in [5, 5.41) is 7.75. The highest BCUT2D eigenvalue weighted by molar-refractivity contribution is 6.09. The highest BCUT2D eigenvalue weighted by Crippen LogP contribution is 2.33. The second-order valence-corrected chi connectivity index (χ2v) is 10.3. The largest absolute Gasteiger partial charge is 0.444 e. The van der Waals surface area contributed by atoms with Crippen molar-refractivity contribution in [2.24, 2.45) is 7.05 Å². The lowest BCUT2D eigenvalue weighted by Gasteiger charge is -2.47. The van der Waals surface area contributed by atoms with Crippen LogP contribution in [0.5, 0.6) is 0 Å². The van der Waals surface area contributed by atoms with Gasteiger partial charge in [0.05, 0.1) is 11.1 Å². The lowest BCUT2D eigenvalue weighted by molar-refractivity contribution is -0.120. The zero-order chi connectivity index (χ0) is 24.1. The molecule has 2 saturated heterocycles. The van der Waals surface area contributed by atoms with Crippen molar-refractivity contribution in [3.8, 4) is 0 Å². The lowest BCUT2D eigenvalue weighted by Crippen LogP contribution is -2.61. The van der Waals surface area contributed by atoms with E-state index in [1.165, 1.54) is 4.90 Å². The summed E-state index contributed by atoms with van der Waals surface area (Å²) in [7, 11) is 1.84. The van der Waals surface area contributed by atoms with Crippen LogP contribution in [0.4, 0.5) is 21.1 Å². The molecule has 0 aliphatic carbocycles. The maximum atomic E-state index is 12.7. The molecule has 10 heteroatoms. The Kier molecular flexibility index (Phi) is 5.50. The van der Waals surface area contributed by atoms with Crippen LogP contribution < -0.4 is 15.1 Å². The van der Waals surface area contributed by atoms with E-state index >= 15 is 0 Å². The van der Waals surface area contributed by atoms with Crippen molar-refractivity contribution in [1.29, 1.82) is 0 Å². The second kappa shape index (κ2) is 7.93. The van der Waals surface area contributed by atoms with Crippen LogP contribution in [-0.4, -0.2) is 70.0 Å². The van der Waals surface area contributed by atoms with E-state index in [2.05, 4.69) is 21.4 Å². The van der Waals surface area contributed by atoms with Gasteiger partial charge in [-0.25, -0.2) is 9.59 Å². The van der Waals surface area contributed by atoms with Crippen molar-refractivity contribution >= 4 is 40.4 Å². The summed E-state index contributed by atoms with van der Waals surface area (Å²) in [5.41, 5.74) is 0.961. The molecular formula is C23H32N6O4. The van der Waals surface area contributed by atoms with E-state index in [9.17, 15) is 14.4 Å². The molecule has 2 aromatic rings. The number of nitrogens with one attached hydrogen (secondary N) is 1. The average Bonchev–Trinajstić information content (AvgIpc) is 3.01. The van der Waals surface area contributed by atoms with E-state index in [4.69, 9.17) is 4.74 Å². The van der Waals surface area contributed by atoms with E-state index < -0.39 is 17.2 Å². The minimum Gasteiger partial charge on any atom is -0.444 e. The van der Waals surface area contributed by atoms with Crippen molar-refractivity contribution in [2.75, 3.05) is 36.0 Å². The first-order valence-corrected chi connectivity index (χ1v) is 11.2. The molecule has 178 valence electrons. The molecule has 1 aromatic carbocycles. The summed E-state index contributed by atoms with van der Waals surface area (Å²) in [6, 6.07) is 5.58. The molecule has 0 radical (unpaired) electrons. The van der Waals surface area contributed by atoms with Crippen molar-refractivity contribution < 1.29 is 19.1 Å². The monoisotopic (exact) mass is 456 g/mol. The predicted octanol–water partition coefficient (Wildman–Crippen LogP) is 2.86. The summed E-state index contributed by atoms with van der Waals surface area (Å²) < 4.78 is 7.35. The van der Waals surface area contributed by atoms with Crippen LogP contribution in [0.2, 0.25) is 0 Å². The van der Waals surface area contributed by atoms with Gasteiger partial charge in [0.1, 0.15) is 5.60 Å². The maximum absolute atomic E-state index is 12.7. The molecule has 2 aliphatic rings. The Morgan fingerprint density at radius 2 is 1.88 bits per heavy atom. The Hall–Kier alpha value is -3.30. The number of hydrogen-bond donors (Lipinski definition) is 1. The fraction of sp³-hybridized carbons (Fsp3) is 0.565. The minimum atomic E-state index is -0.537. The summed E-state index contributed by atoms with van der Waals surface area (Å²) in [5.74, 6) is 0.269. The number of ether oxygens (including phenoxy) is 1. The van der Waals surface area contributed by atoms with Crippen LogP contribution in [0.3, 0.4) is 0 Å². The molecule has 0 spiro atoms. The van der Waals surface area contributed by atoms with Crippen molar-refractivity contribution in [3.63, 3.8) is 0 Å². The number of carbonyl (C=O) groups is 3. The van der Waals surface area contributed by atoms with Gasteiger partial charge >= 0.3 is 12.1 Å². The first-order valence-electron chi connectivity index (χ1n) is 11.2. The van der Waals surface area contributed by atoms with Gasteiger partial charge in [-0.3, -0.25) is 24.6 Å². The van der Waals surface area contributed by atoms with Crippen LogP contribution >= 0.6 is 0 Å². The molecule has 1 N–H and O–H groups in total. The van der Waals surface area contributed by atoms with Crippen molar-refractivity contribution in [2.45, 2.75) is 52.2 Å². The highest BCUT2D eigenvalue weighted by atomic mass is 16.6. The van der Waals surface area contributed by atoms with Gasteiger partial charge in [-0.05, 0) is 52.8 Å². The first-order chi connectivity index (χ1) is 15.4. The van der Waals surface area contributed by atoms with E-state index in [0.29, 0.717) is 32.0 Å². The number of anilines is 2. The molecule has 0 atom stereocenters. The van der Waals surface area contributed by atoms with E-state index in [-0.39, 0.29) is 18.4 Å². The van der Waals surface area contributed by atoms with Gasteiger partial charge in [-0.1, -0.05) is 0 Å². The van der Waals surface area contributed by atoms with E-state index in [1.807, 2.05) is 53.8 Å². The van der Waals surface area contributed by atoms with Crippen molar-refractivity contribution in [1.82, 2.24) is 20.0 Å². The van der Waals surface area contributed by atoms with Gasteiger partial charge in [-0.15, -0.1) is 0 Å². The van der Waals surface area contributed by atoms with Crippen LogP contribution in [0, 0.1) is 0 Å². The number of imide groups is 1. The SMILES string of the molecule is Cn1nc(N2CCC(=O)NC2=O)c2ccc(N3CCN(C(=O)OC(C)(C)C)C(C)(C)C3)cc21. The fourth-order valence-electron chi connectivity index (χ4n) is 4.42. The standard InChI is InChI=1S/C23H32N6O4/c1-22(2,3)33-21(32)29-12-11-27(14-23(29,4)5)15-7-8-16-17(13-15)26(6)25-19(16)28-10-9-18(30)24-20(28)31/h7-8,13H,9-12,14H2,1-6H3,(H,24,30,31). The number of piperazine rings is 1. The summed E-state index contributed by atoms with van der Waals surface area (Å²) >= 11 is 0. The molecule has 2 fully saturated rings. The van der Waals surface area contributed by atoms with Crippen LogP contribution in [0.1, 0.15) is 41.0 Å². The number of aryl methyl sites for hydroxylation is 1. The van der Waals surface area contributed by atoms with Crippen LogP contribution in [-0.2, 0) is 16.6 Å². The lowest BCUT2D eigenvalue weighted by atomic mass is 9.98. The molecular weight excluding hydrogens is 424 g/mol. The zero-order valence-electron chi connectivity index (χ0n) is 20.1. The van der Waals surface area contributed by atoms with Gasteiger partial charge in [0, 0.05) is 50.7 Å². The number of carbonyl (C=O) groups excluding carboxylic acids is 3. The second-order valence-electron chi connectivity index (χ2n) is 10.3. The summed E-state index contributed by atoms with van der Waals surface area (Å²) in [6.07, 6.45) is -0.0454. The number of fused-ring (bicyclic) bond motifs is 1. The third kappa shape index (κ3) is 4.46. The third-order valence-electron chi connectivity index (χ3n) is 6.01. The topological polar surface area (TPSA) is 100 Å². The normalized spacial score (nSPS) is 19.2. The number of urea groups is 1. The summed E-state index contributed by atoms with van der Waals surface area (Å²) in [6.45, 7) is 11.9. The molecule has 10 nitrogen and oxygen atoms in total. The Morgan fingerprint density at radius 3 is 2.52 bits per heavy atom.